The van der Waals surface area contributed by atoms with Crippen LogP contribution in [0.1, 0.15) is 24.0 Å². The lowest BCUT2D eigenvalue weighted by atomic mass is 9.89. The summed E-state index contributed by atoms with van der Waals surface area (Å²) in [6, 6.07) is 7.97. The fraction of sp³-hybridized carbons (Fsp3) is 0.412. The molecule has 2 heterocycles. The molecule has 0 bridgehead atoms. The number of benzene rings is 1. The monoisotopic (exact) mass is 331 g/mol. The van der Waals surface area contributed by atoms with Gasteiger partial charge in [-0.15, -0.1) is 11.3 Å². The Morgan fingerprint density at radius 1 is 1.48 bits per heavy atom. The van der Waals surface area contributed by atoms with Gasteiger partial charge in [0.25, 0.3) is 0 Å². The highest BCUT2D eigenvalue weighted by Crippen LogP contribution is 2.33. The summed E-state index contributed by atoms with van der Waals surface area (Å²) in [6.07, 6.45) is 2.78. The number of aryl methyl sites for hydroxylation is 1. The van der Waals surface area contributed by atoms with E-state index in [1.165, 1.54) is 11.3 Å². The maximum absolute atomic E-state index is 11.9. The number of amides is 1. The highest BCUT2D eigenvalue weighted by atomic mass is 32.1. The molecular weight excluding hydrogens is 310 g/mol. The number of aliphatic hydroxyl groups is 1. The van der Waals surface area contributed by atoms with Crippen LogP contribution < -0.4 is 5.32 Å². The second-order valence-corrected chi connectivity index (χ2v) is 6.90. The Balaban J connectivity index is 1.54. The first kappa shape index (κ1) is 16.1. The molecule has 6 heteroatoms. The quantitative estimate of drug-likeness (QED) is 0.883. The van der Waals surface area contributed by atoms with Crippen molar-refractivity contribution in [1.82, 2.24) is 9.88 Å². The van der Waals surface area contributed by atoms with Crippen molar-refractivity contribution in [3.63, 3.8) is 0 Å². The van der Waals surface area contributed by atoms with Gasteiger partial charge in [-0.3, -0.25) is 9.69 Å². The van der Waals surface area contributed by atoms with E-state index in [0.29, 0.717) is 31.1 Å². The Morgan fingerprint density at radius 2 is 2.30 bits per heavy atom. The molecule has 1 amide bonds. The number of rotatable bonds is 5. The number of hydrogen-bond acceptors (Lipinski definition) is 5. The van der Waals surface area contributed by atoms with E-state index in [1.54, 1.807) is 6.20 Å². The number of nitrogens with one attached hydrogen (secondary N) is 1. The van der Waals surface area contributed by atoms with Crippen molar-refractivity contribution in [1.29, 1.82) is 0 Å². The third kappa shape index (κ3) is 3.77. The van der Waals surface area contributed by atoms with Crippen LogP contribution in [-0.4, -0.2) is 40.5 Å². The summed E-state index contributed by atoms with van der Waals surface area (Å²) in [5.41, 5.74) is 1.30. The Hall–Kier alpha value is -1.76. The number of hydrogen-bond donors (Lipinski definition) is 2. The Kier molecular flexibility index (Phi) is 4.75. The van der Waals surface area contributed by atoms with E-state index in [0.717, 1.165) is 17.7 Å². The third-order valence-electron chi connectivity index (χ3n) is 4.31. The molecular formula is C17H21N3O2S. The SMILES string of the molecule is Cc1ccccc1C1(O)CCN(CCC(=O)Nc2nccs2)C1. The summed E-state index contributed by atoms with van der Waals surface area (Å²) in [4.78, 5) is 18.1. The molecule has 1 unspecified atom stereocenters. The molecule has 5 nitrogen and oxygen atoms in total. The van der Waals surface area contributed by atoms with Crippen molar-refractivity contribution < 1.29 is 9.90 Å². The van der Waals surface area contributed by atoms with Crippen LogP contribution in [0.3, 0.4) is 0 Å². The van der Waals surface area contributed by atoms with Crippen LogP contribution in [-0.2, 0) is 10.4 Å². The molecule has 2 aromatic rings. The standard InChI is InChI=1S/C17H21N3O2S/c1-13-4-2-3-5-14(13)17(22)7-10-20(12-17)9-6-15(21)19-16-18-8-11-23-16/h2-5,8,11,22H,6-7,9-10,12H2,1H3,(H,18,19,21). The first-order valence-electron chi connectivity index (χ1n) is 7.77. The number of likely N-dealkylation sites (tertiary alicyclic amines) is 1. The molecule has 0 saturated carbocycles. The smallest absolute Gasteiger partial charge is 0.227 e. The Morgan fingerprint density at radius 3 is 3.04 bits per heavy atom. The second-order valence-electron chi connectivity index (χ2n) is 6.01. The van der Waals surface area contributed by atoms with Gasteiger partial charge in [-0.2, -0.15) is 0 Å². The molecule has 0 aliphatic carbocycles. The van der Waals surface area contributed by atoms with Gasteiger partial charge in [0.2, 0.25) is 5.91 Å². The van der Waals surface area contributed by atoms with Crippen molar-refractivity contribution >= 4 is 22.4 Å². The van der Waals surface area contributed by atoms with Crippen molar-refractivity contribution in [2.45, 2.75) is 25.4 Å². The molecule has 1 aromatic heterocycles. The fourth-order valence-corrected chi connectivity index (χ4v) is 3.65. The number of anilines is 1. The van der Waals surface area contributed by atoms with Crippen LogP contribution in [0.15, 0.2) is 35.8 Å². The van der Waals surface area contributed by atoms with Gasteiger partial charge in [-0.05, 0) is 24.5 Å². The minimum atomic E-state index is -0.808. The molecule has 0 radical (unpaired) electrons. The minimum absolute atomic E-state index is 0.0359. The highest BCUT2D eigenvalue weighted by molar-refractivity contribution is 7.13. The van der Waals surface area contributed by atoms with Crippen LogP contribution in [0.25, 0.3) is 0 Å². The molecule has 122 valence electrons. The number of aromatic nitrogens is 1. The molecule has 23 heavy (non-hydrogen) atoms. The van der Waals surface area contributed by atoms with E-state index in [4.69, 9.17) is 0 Å². The van der Waals surface area contributed by atoms with Gasteiger partial charge in [0.1, 0.15) is 5.60 Å². The zero-order chi connectivity index (χ0) is 16.3. The number of carbonyl (C=O) groups excluding carboxylic acids is 1. The zero-order valence-electron chi connectivity index (χ0n) is 13.2. The van der Waals surface area contributed by atoms with Crippen LogP contribution in [0.4, 0.5) is 5.13 Å². The van der Waals surface area contributed by atoms with E-state index < -0.39 is 5.60 Å². The first-order chi connectivity index (χ1) is 11.1. The number of β-amino-alcohol motifs (C(OH)–C–C–N with tert-alkyl or cyclic N) is 1. The fourth-order valence-electron chi connectivity index (χ4n) is 3.10. The molecule has 1 aliphatic heterocycles. The van der Waals surface area contributed by atoms with Crippen LogP contribution in [0.2, 0.25) is 0 Å². The average molecular weight is 331 g/mol. The molecule has 0 spiro atoms. The molecule has 1 saturated heterocycles. The summed E-state index contributed by atoms with van der Waals surface area (Å²) >= 11 is 1.41. The average Bonchev–Trinajstić information content (AvgIpc) is 3.16. The molecule has 2 N–H and O–H groups in total. The third-order valence-corrected chi connectivity index (χ3v) is 5.00. The van der Waals surface area contributed by atoms with E-state index in [2.05, 4.69) is 15.2 Å². The topological polar surface area (TPSA) is 65.5 Å². The lowest BCUT2D eigenvalue weighted by molar-refractivity contribution is -0.116. The molecule has 1 aromatic carbocycles. The predicted molar refractivity (Wildman–Crippen MR) is 91.5 cm³/mol. The second kappa shape index (κ2) is 6.78. The first-order valence-corrected chi connectivity index (χ1v) is 8.65. The Bertz CT molecular complexity index is 674. The van der Waals surface area contributed by atoms with Crippen molar-refractivity contribution in [3.05, 3.63) is 47.0 Å². The maximum atomic E-state index is 11.9. The van der Waals surface area contributed by atoms with Gasteiger partial charge in [0.15, 0.2) is 5.13 Å². The molecule has 1 atom stereocenters. The van der Waals surface area contributed by atoms with Gasteiger partial charge >= 0.3 is 0 Å². The van der Waals surface area contributed by atoms with Crippen molar-refractivity contribution in [2.75, 3.05) is 25.0 Å². The molecule has 1 fully saturated rings. The molecule has 1 aliphatic rings. The van der Waals surface area contributed by atoms with E-state index >= 15 is 0 Å². The Labute approximate surface area is 140 Å². The van der Waals surface area contributed by atoms with Crippen LogP contribution in [0.5, 0.6) is 0 Å². The van der Waals surface area contributed by atoms with Gasteiger partial charge < -0.3 is 10.4 Å². The van der Waals surface area contributed by atoms with Gasteiger partial charge in [-0.1, -0.05) is 24.3 Å². The predicted octanol–water partition coefficient (Wildman–Crippen LogP) is 2.37. The summed E-state index contributed by atoms with van der Waals surface area (Å²) < 4.78 is 0. The summed E-state index contributed by atoms with van der Waals surface area (Å²) in [6.45, 7) is 4.04. The highest BCUT2D eigenvalue weighted by Gasteiger charge is 2.38. The van der Waals surface area contributed by atoms with Gasteiger partial charge in [-0.25, -0.2) is 4.98 Å². The van der Waals surface area contributed by atoms with E-state index in [9.17, 15) is 9.90 Å². The maximum Gasteiger partial charge on any atom is 0.227 e. The van der Waals surface area contributed by atoms with E-state index in [1.807, 2.05) is 36.6 Å². The zero-order valence-corrected chi connectivity index (χ0v) is 14.0. The van der Waals surface area contributed by atoms with Crippen molar-refractivity contribution in [2.24, 2.45) is 0 Å². The van der Waals surface area contributed by atoms with Crippen LogP contribution >= 0.6 is 11.3 Å². The summed E-state index contributed by atoms with van der Waals surface area (Å²) in [5, 5.41) is 16.2. The van der Waals surface area contributed by atoms with Crippen LogP contribution in [0, 0.1) is 6.92 Å². The lowest BCUT2D eigenvalue weighted by Crippen LogP contribution is -2.33. The molecule has 3 rings (SSSR count). The summed E-state index contributed by atoms with van der Waals surface area (Å²) in [7, 11) is 0. The lowest BCUT2D eigenvalue weighted by Gasteiger charge is -2.25. The number of thiazole rings is 1. The number of carbonyl (C=O) groups is 1. The van der Waals surface area contributed by atoms with Crippen molar-refractivity contribution in [3.8, 4) is 0 Å². The summed E-state index contributed by atoms with van der Waals surface area (Å²) in [5.74, 6) is -0.0359. The van der Waals surface area contributed by atoms with E-state index in [-0.39, 0.29) is 5.91 Å². The van der Waals surface area contributed by atoms with Gasteiger partial charge in [0.05, 0.1) is 0 Å². The number of nitrogens with zero attached hydrogens (tertiary/aromatic N) is 2. The normalized spacial score (nSPS) is 21.5. The largest absolute Gasteiger partial charge is 0.384 e. The van der Waals surface area contributed by atoms with Gasteiger partial charge in [0, 0.05) is 37.6 Å². The minimum Gasteiger partial charge on any atom is -0.384 e.